The number of nitro groups is 1. The lowest BCUT2D eigenvalue weighted by Crippen LogP contribution is -2.38. The summed E-state index contributed by atoms with van der Waals surface area (Å²) in [5.74, 6) is -3.17. The number of nitro benzene ring substituents is 1. The number of esters is 1. The minimum Gasteiger partial charge on any atom is -0.481 e. The molecule has 1 aromatic carbocycles. The Morgan fingerprint density at radius 3 is 2.59 bits per heavy atom. The number of amides is 1. The fraction of sp³-hybridized carbons (Fsp3) is 0.333. The summed E-state index contributed by atoms with van der Waals surface area (Å²) in [5.41, 5.74) is 0.105. The van der Waals surface area contributed by atoms with Crippen molar-refractivity contribution in [1.82, 2.24) is 5.32 Å². The highest BCUT2D eigenvalue weighted by molar-refractivity contribution is 6.04. The van der Waals surface area contributed by atoms with Gasteiger partial charge in [-0.1, -0.05) is 12.1 Å². The third-order valence-corrected chi connectivity index (χ3v) is 3.93. The smallest absolute Gasteiger partial charge is 0.337 e. The van der Waals surface area contributed by atoms with Crippen molar-refractivity contribution in [3.05, 3.63) is 62.7 Å². The van der Waals surface area contributed by atoms with Gasteiger partial charge in [0.05, 0.1) is 29.6 Å². The number of rotatable bonds is 5. The molecule has 1 unspecified atom stereocenters. The molecule has 0 spiro atoms. The van der Waals surface area contributed by atoms with Crippen molar-refractivity contribution in [3.8, 4) is 0 Å². The number of carbonyl (C=O) groups is 2. The van der Waals surface area contributed by atoms with Crippen molar-refractivity contribution >= 4 is 17.6 Å². The third kappa shape index (κ3) is 4.08. The molecule has 144 valence electrons. The average Bonchev–Trinajstić information content (AvgIpc) is 2.59. The van der Waals surface area contributed by atoms with E-state index in [9.17, 15) is 24.8 Å². The average molecular weight is 376 g/mol. The monoisotopic (exact) mass is 376 g/mol. The number of hydrogen-bond acceptors (Lipinski definition) is 7. The number of benzene rings is 1. The molecule has 0 saturated carbocycles. The summed E-state index contributed by atoms with van der Waals surface area (Å²) in [6, 6.07) is 5.48. The van der Waals surface area contributed by atoms with Crippen LogP contribution in [0, 0.1) is 10.1 Å². The zero-order valence-electron chi connectivity index (χ0n) is 15.3. The van der Waals surface area contributed by atoms with Gasteiger partial charge in [-0.25, -0.2) is 4.79 Å². The quantitative estimate of drug-likeness (QED) is 0.265. The van der Waals surface area contributed by atoms with E-state index in [4.69, 9.17) is 9.47 Å². The van der Waals surface area contributed by atoms with Crippen LogP contribution in [0.3, 0.4) is 0 Å². The molecule has 0 bridgehead atoms. The largest absolute Gasteiger partial charge is 0.481 e. The lowest BCUT2D eigenvalue weighted by Gasteiger charge is -2.29. The summed E-state index contributed by atoms with van der Waals surface area (Å²) in [6.45, 7) is 4.85. The number of non-ortho nitro benzene ring substituents is 1. The fourth-order valence-corrected chi connectivity index (χ4v) is 2.83. The molecule has 2 N–H and O–H groups in total. The van der Waals surface area contributed by atoms with Gasteiger partial charge < -0.3 is 19.9 Å². The van der Waals surface area contributed by atoms with Gasteiger partial charge in [-0.2, -0.15) is 0 Å². The van der Waals surface area contributed by atoms with Crippen molar-refractivity contribution in [2.45, 2.75) is 32.8 Å². The lowest BCUT2D eigenvalue weighted by atomic mass is 9.80. The standard InChI is InChI=1S/C18H20N2O7/c1-9(2)27-18(23)13-10(3)19-16(21)15(17(22)26-4)14(13)11-6-5-7-12(8-11)20(24)25/h5-9,14,22H,1-4H3,(H,19,21). The molecule has 1 atom stereocenters. The summed E-state index contributed by atoms with van der Waals surface area (Å²) in [4.78, 5) is 35.7. The number of aliphatic hydroxyl groups is 1. The molecule has 1 aromatic rings. The molecule has 2 rings (SSSR count). The number of nitrogens with zero attached hydrogens (tertiary/aromatic N) is 1. The van der Waals surface area contributed by atoms with Crippen LogP contribution in [0.5, 0.6) is 0 Å². The second-order valence-corrected chi connectivity index (χ2v) is 6.15. The predicted molar refractivity (Wildman–Crippen MR) is 94.6 cm³/mol. The van der Waals surface area contributed by atoms with Crippen LogP contribution in [-0.4, -0.2) is 35.1 Å². The Hall–Kier alpha value is -3.36. The molecule has 1 aliphatic heterocycles. The lowest BCUT2D eigenvalue weighted by molar-refractivity contribution is -0.384. The van der Waals surface area contributed by atoms with Crippen LogP contribution in [0.15, 0.2) is 47.1 Å². The second kappa shape index (κ2) is 7.90. The maximum Gasteiger partial charge on any atom is 0.337 e. The van der Waals surface area contributed by atoms with Crippen molar-refractivity contribution < 1.29 is 29.1 Å². The van der Waals surface area contributed by atoms with Crippen LogP contribution >= 0.6 is 0 Å². The molecule has 27 heavy (non-hydrogen) atoms. The Morgan fingerprint density at radius 2 is 2.04 bits per heavy atom. The van der Waals surface area contributed by atoms with Crippen LogP contribution in [0.4, 0.5) is 5.69 Å². The zero-order chi connectivity index (χ0) is 20.3. The molecule has 1 heterocycles. The Labute approximate surface area is 155 Å². The summed E-state index contributed by atoms with van der Waals surface area (Å²) < 4.78 is 10.1. The van der Waals surface area contributed by atoms with Crippen LogP contribution in [-0.2, 0) is 19.1 Å². The van der Waals surface area contributed by atoms with Gasteiger partial charge in [-0.3, -0.25) is 14.9 Å². The van der Waals surface area contributed by atoms with Crippen LogP contribution in [0.2, 0.25) is 0 Å². The van der Waals surface area contributed by atoms with Crippen LogP contribution < -0.4 is 5.32 Å². The molecular weight excluding hydrogens is 356 g/mol. The van der Waals surface area contributed by atoms with Gasteiger partial charge in [0.2, 0.25) is 0 Å². The summed E-state index contributed by atoms with van der Waals surface area (Å²) in [7, 11) is 1.16. The van der Waals surface area contributed by atoms with E-state index in [-0.39, 0.29) is 28.1 Å². The van der Waals surface area contributed by atoms with Crippen molar-refractivity contribution in [3.63, 3.8) is 0 Å². The first kappa shape index (κ1) is 20.0. The van der Waals surface area contributed by atoms with Crippen molar-refractivity contribution in [2.24, 2.45) is 0 Å². The summed E-state index contributed by atoms with van der Waals surface area (Å²) in [5, 5.41) is 23.7. The minimum absolute atomic E-state index is 0.0578. The van der Waals surface area contributed by atoms with Crippen molar-refractivity contribution in [2.75, 3.05) is 7.11 Å². The first-order chi connectivity index (χ1) is 12.7. The Kier molecular flexibility index (Phi) is 5.84. The second-order valence-electron chi connectivity index (χ2n) is 6.15. The van der Waals surface area contributed by atoms with Gasteiger partial charge in [0, 0.05) is 17.8 Å². The van der Waals surface area contributed by atoms with Crippen molar-refractivity contribution in [1.29, 1.82) is 0 Å². The van der Waals surface area contributed by atoms with E-state index >= 15 is 0 Å². The van der Waals surface area contributed by atoms with E-state index in [1.165, 1.54) is 31.2 Å². The van der Waals surface area contributed by atoms with Gasteiger partial charge in [0.15, 0.2) is 0 Å². The highest BCUT2D eigenvalue weighted by Gasteiger charge is 2.40. The maximum atomic E-state index is 12.7. The van der Waals surface area contributed by atoms with E-state index in [2.05, 4.69) is 5.32 Å². The molecule has 1 aliphatic rings. The number of aliphatic hydroxyl groups excluding tert-OH is 1. The van der Waals surface area contributed by atoms with Gasteiger partial charge in [-0.05, 0) is 26.3 Å². The SMILES string of the molecule is COC(O)=C1C(=O)NC(C)=C(C(=O)OC(C)C)C1c1cccc([N+](=O)[O-])c1. The molecule has 0 saturated heterocycles. The van der Waals surface area contributed by atoms with E-state index < -0.39 is 34.8 Å². The van der Waals surface area contributed by atoms with E-state index in [0.29, 0.717) is 0 Å². The molecule has 0 aliphatic carbocycles. The normalized spacial score (nSPS) is 18.9. The highest BCUT2D eigenvalue weighted by atomic mass is 16.6. The van der Waals surface area contributed by atoms with E-state index in [0.717, 1.165) is 7.11 Å². The molecule has 9 nitrogen and oxygen atoms in total. The molecule has 1 amide bonds. The summed E-state index contributed by atoms with van der Waals surface area (Å²) >= 11 is 0. The number of allylic oxidation sites excluding steroid dienone is 1. The number of nitrogens with one attached hydrogen (secondary N) is 1. The predicted octanol–water partition coefficient (Wildman–Crippen LogP) is 2.45. The minimum atomic E-state index is -1.09. The molecule has 9 heteroatoms. The summed E-state index contributed by atoms with van der Waals surface area (Å²) in [6.07, 6.45) is -0.426. The Morgan fingerprint density at radius 1 is 1.37 bits per heavy atom. The first-order valence-electron chi connectivity index (χ1n) is 8.11. The van der Waals surface area contributed by atoms with Gasteiger partial charge in [0.25, 0.3) is 17.5 Å². The Balaban J connectivity index is 2.74. The van der Waals surface area contributed by atoms with Gasteiger partial charge in [0.1, 0.15) is 5.57 Å². The number of carbonyl (C=O) groups excluding carboxylic acids is 2. The third-order valence-electron chi connectivity index (χ3n) is 3.93. The first-order valence-corrected chi connectivity index (χ1v) is 8.11. The topological polar surface area (TPSA) is 128 Å². The van der Waals surface area contributed by atoms with Crippen LogP contribution in [0.1, 0.15) is 32.3 Å². The molecule has 0 radical (unpaired) electrons. The van der Waals surface area contributed by atoms with E-state index in [1.807, 2.05) is 0 Å². The molecule has 0 fully saturated rings. The number of methoxy groups -OCH3 is 1. The number of hydrogen-bond donors (Lipinski definition) is 2. The van der Waals surface area contributed by atoms with Gasteiger partial charge in [-0.15, -0.1) is 0 Å². The Bertz CT molecular complexity index is 855. The molecule has 0 aromatic heterocycles. The number of ether oxygens (including phenoxy) is 2. The van der Waals surface area contributed by atoms with E-state index in [1.54, 1.807) is 13.8 Å². The molecular formula is C18H20N2O7. The zero-order valence-corrected chi connectivity index (χ0v) is 15.3. The fourth-order valence-electron chi connectivity index (χ4n) is 2.83. The van der Waals surface area contributed by atoms with Crippen LogP contribution in [0.25, 0.3) is 0 Å². The van der Waals surface area contributed by atoms with Gasteiger partial charge >= 0.3 is 5.97 Å². The highest BCUT2D eigenvalue weighted by Crippen LogP contribution is 2.39. The maximum absolute atomic E-state index is 12.7.